The molecule has 2 aromatic heterocycles. The van der Waals surface area contributed by atoms with Crippen molar-refractivity contribution >= 4 is 39.5 Å². The van der Waals surface area contributed by atoms with Gasteiger partial charge in [-0.2, -0.15) is 0 Å². The summed E-state index contributed by atoms with van der Waals surface area (Å²) in [7, 11) is 0. The fourth-order valence-corrected chi connectivity index (χ4v) is 4.00. The number of pyridine rings is 1. The number of fused-ring (bicyclic) bond motifs is 3. The molecule has 0 aliphatic carbocycles. The van der Waals surface area contributed by atoms with Crippen LogP contribution in [0.5, 0.6) is 0 Å². The first-order valence-electron chi connectivity index (χ1n) is 7.25. The molecule has 6 heteroatoms. The van der Waals surface area contributed by atoms with Gasteiger partial charge in [0.05, 0.1) is 9.77 Å². The van der Waals surface area contributed by atoms with E-state index in [0.29, 0.717) is 5.69 Å². The number of piperidine rings is 1. The van der Waals surface area contributed by atoms with Gasteiger partial charge >= 0.3 is 0 Å². The third kappa shape index (κ3) is 2.55. The van der Waals surface area contributed by atoms with E-state index in [2.05, 4.69) is 37.8 Å². The van der Waals surface area contributed by atoms with Crippen LogP contribution in [0, 0.1) is 9.49 Å². The van der Waals surface area contributed by atoms with E-state index >= 15 is 0 Å². The number of rotatable bonds is 2. The first-order valence-corrected chi connectivity index (χ1v) is 8.33. The molecule has 0 radical (unpaired) electrons. The highest BCUT2D eigenvalue weighted by Gasteiger charge is 2.33. The molecule has 4 heterocycles. The Morgan fingerprint density at radius 3 is 3.24 bits per heavy atom. The lowest BCUT2D eigenvalue weighted by Gasteiger charge is -2.30. The Hall–Kier alpha value is -1.15. The summed E-state index contributed by atoms with van der Waals surface area (Å²) in [5, 5.41) is 4.08. The number of hydrogen-bond acceptors (Lipinski definition) is 4. The summed E-state index contributed by atoms with van der Waals surface area (Å²) in [5.74, 6) is 0.663. The Labute approximate surface area is 136 Å². The molecule has 2 saturated heterocycles. The predicted octanol–water partition coefficient (Wildman–Crippen LogP) is 2.26. The molecular formula is C15H16IN3O2. The van der Waals surface area contributed by atoms with Crippen molar-refractivity contribution < 1.29 is 9.21 Å². The van der Waals surface area contributed by atoms with Gasteiger partial charge in [-0.15, -0.1) is 0 Å². The fourth-order valence-electron chi connectivity index (χ4n) is 3.45. The Bertz CT molecular complexity index is 687. The molecule has 1 amide bonds. The highest BCUT2D eigenvalue weighted by Crippen LogP contribution is 2.27. The van der Waals surface area contributed by atoms with Crippen molar-refractivity contribution in [3.63, 3.8) is 0 Å². The number of halogens is 1. The maximum Gasteiger partial charge on any atom is 0.270 e. The van der Waals surface area contributed by atoms with Crippen LogP contribution in [0.15, 0.2) is 22.9 Å². The molecule has 1 N–H and O–H groups in total. The standard InChI is InChI=1S/C15H16IN3O2/c16-12-8-21-14-5-17-13(4-11(12)14)15(20)18-10-3-9-1-2-19(6-9)7-10/h4-5,8-10H,1-3,6-7H2,(H,18,20). The number of amides is 1. The van der Waals surface area contributed by atoms with Gasteiger partial charge in [0.2, 0.25) is 0 Å². The second-order valence-electron chi connectivity index (χ2n) is 5.97. The highest BCUT2D eigenvalue weighted by molar-refractivity contribution is 14.1. The molecule has 2 aromatic rings. The Kier molecular flexibility index (Phi) is 3.37. The zero-order valence-corrected chi connectivity index (χ0v) is 13.7. The highest BCUT2D eigenvalue weighted by atomic mass is 127. The number of hydrogen-bond donors (Lipinski definition) is 1. The van der Waals surface area contributed by atoms with Crippen molar-refractivity contribution in [3.05, 3.63) is 27.8 Å². The minimum atomic E-state index is -0.0820. The molecule has 0 spiro atoms. The van der Waals surface area contributed by atoms with Crippen molar-refractivity contribution in [2.24, 2.45) is 5.92 Å². The summed E-state index contributed by atoms with van der Waals surface area (Å²) in [4.78, 5) is 19.1. The van der Waals surface area contributed by atoms with Crippen molar-refractivity contribution in [2.45, 2.75) is 18.9 Å². The molecule has 5 nitrogen and oxygen atoms in total. The lowest BCUT2D eigenvalue weighted by atomic mass is 9.97. The Balaban J connectivity index is 1.52. The van der Waals surface area contributed by atoms with Crippen LogP contribution in [-0.2, 0) is 0 Å². The molecule has 110 valence electrons. The molecule has 2 aliphatic rings. The number of aromatic nitrogens is 1. The fraction of sp³-hybridized carbons (Fsp3) is 0.467. The van der Waals surface area contributed by atoms with E-state index in [1.54, 1.807) is 12.5 Å². The number of carbonyl (C=O) groups is 1. The normalized spacial score (nSPS) is 28.0. The SMILES string of the molecule is O=C(NC1CC2CCN(C2)C1)c1cc2c(I)coc2cn1. The van der Waals surface area contributed by atoms with Gasteiger partial charge in [-0.3, -0.25) is 4.79 Å². The van der Waals surface area contributed by atoms with Crippen molar-refractivity contribution in [1.82, 2.24) is 15.2 Å². The maximum atomic E-state index is 12.4. The molecule has 2 bridgehead atoms. The molecule has 2 aliphatic heterocycles. The van der Waals surface area contributed by atoms with Crippen LogP contribution in [0.3, 0.4) is 0 Å². The second-order valence-corrected chi connectivity index (χ2v) is 7.13. The topological polar surface area (TPSA) is 58.4 Å². The van der Waals surface area contributed by atoms with Crippen LogP contribution in [-0.4, -0.2) is 41.5 Å². The van der Waals surface area contributed by atoms with Crippen LogP contribution < -0.4 is 5.32 Å². The molecule has 3 unspecified atom stereocenters. The van der Waals surface area contributed by atoms with Gasteiger partial charge in [-0.25, -0.2) is 4.98 Å². The van der Waals surface area contributed by atoms with Crippen molar-refractivity contribution in [1.29, 1.82) is 0 Å². The van der Waals surface area contributed by atoms with E-state index in [4.69, 9.17) is 4.42 Å². The van der Waals surface area contributed by atoms with Crippen LogP contribution in [0.2, 0.25) is 0 Å². The largest absolute Gasteiger partial charge is 0.462 e. The Morgan fingerprint density at radius 1 is 1.48 bits per heavy atom. The van der Waals surface area contributed by atoms with Gasteiger partial charge in [0.15, 0.2) is 5.58 Å². The molecule has 4 rings (SSSR count). The molecule has 21 heavy (non-hydrogen) atoms. The Morgan fingerprint density at radius 2 is 2.38 bits per heavy atom. The van der Waals surface area contributed by atoms with Gasteiger partial charge in [0.25, 0.3) is 5.91 Å². The zero-order valence-electron chi connectivity index (χ0n) is 11.5. The van der Waals surface area contributed by atoms with Crippen LogP contribution in [0.1, 0.15) is 23.3 Å². The van der Waals surface area contributed by atoms with E-state index in [1.807, 2.05) is 6.07 Å². The van der Waals surface area contributed by atoms with Gasteiger partial charge < -0.3 is 14.6 Å². The van der Waals surface area contributed by atoms with Gasteiger partial charge in [-0.1, -0.05) is 0 Å². The minimum Gasteiger partial charge on any atom is -0.462 e. The van der Waals surface area contributed by atoms with E-state index in [1.165, 1.54) is 19.5 Å². The molecule has 2 fully saturated rings. The van der Waals surface area contributed by atoms with E-state index in [9.17, 15) is 4.79 Å². The van der Waals surface area contributed by atoms with Crippen LogP contribution >= 0.6 is 22.6 Å². The third-order valence-corrected chi connectivity index (χ3v) is 5.28. The summed E-state index contributed by atoms with van der Waals surface area (Å²) in [6.07, 6.45) is 5.67. The van der Waals surface area contributed by atoms with Gasteiger partial charge in [-0.05, 0) is 54.0 Å². The monoisotopic (exact) mass is 397 g/mol. The van der Waals surface area contributed by atoms with Crippen LogP contribution in [0.4, 0.5) is 0 Å². The van der Waals surface area contributed by atoms with E-state index in [-0.39, 0.29) is 11.9 Å². The minimum absolute atomic E-state index is 0.0820. The predicted molar refractivity (Wildman–Crippen MR) is 87.1 cm³/mol. The van der Waals surface area contributed by atoms with Crippen LogP contribution in [0.25, 0.3) is 11.0 Å². The van der Waals surface area contributed by atoms with E-state index in [0.717, 1.165) is 33.4 Å². The van der Waals surface area contributed by atoms with Gasteiger partial charge in [0.1, 0.15) is 12.0 Å². The smallest absolute Gasteiger partial charge is 0.270 e. The lowest BCUT2D eigenvalue weighted by Crippen LogP contribution is -2.47. The summed E-state index contributed by atoms with van der Waals surface area (Å²) >= 11 is 2.20. The summed E-state index contributed by atoms with van der Waals surface area (Å²) < 4.78 is 6.36. The first-order chi connectivity index (χ1) is 10.2. The first kappa shape index (κ1) is 13.5. The molecular weight excluding hydrogens is 381 g/mol. The third-order valence-electron chi connectivity index (χ3n) is 4.45. The average Bonchev–Trinajstić information content (AvgIpc) is 3.02. The zero-order chi connectivity index (χ0) is 14.4. The number of furan rings is 1. The lowest BCUT2D eigenvalue weighted by molar-refractivity contribution is 0.0904. The summed E-state index contributed by atoms with van der Waals surface area (Å²) in [6, 6.07) is 2.06. The van der Waals surface area contributed by atoms with Crippen molar-refractivity contribution in [2.75, 3.05) is 19.6 Å². The number of nitrogens with zero attached hydrogens (tertiary/aromatic N) is 2. The van der Waals surface area contributed by atoms with Gasteiger partial charge in [0, 0.05) is 24.5 Å². The molecule has 0 saturated carbocycles. The average molecular weight is 397 g/mol. The number of carbonyl (C=O) groups excluding carboxylic acids is 1. The molecule has 0 aromatic carbocycles. The summed E-state index contributed by atoms with van der Waals surface area (Å²) in [6.45, 7) is 3.34. The summed E-state index contributed by atoms with van der Waals surface area (Å²) in [5.41, 5.74) is 1.19. The van der Waals surface area contributed by atoms with E-state index < -0.39 is 0 Å². The maximum absolute atomic E-state index is 12.4. The quantitative estimate of drug-likeness (QED) is 0.791. The molecule has 3 atom stereocenters. The second kappa shape index (κ2) is 5.24. The number of nitrogens with one attached hydrogen (secondary N) is 1. The van der Waals surface area contributed by atoms with Crippen molar-refractivity contribution in [3.8, 4) is 0 Å².